The highest BCUT2D eigenvalue weighted by Crippen LogP contribution is 2.32. The van der Waals surface area contributed by atoms with Crippen LogP contribution in [0.1, 0.15) is 25.6 Å². The number of fused-ring (bicyclic) bond motifs is 2. The lowest BCUT2D eigenvalue weighted by Gasteiger charge is -2.25. The first-order valence-corrected chi connectivity index (χ1v) is 4.90. The SMILES string of the molecule is CC1=CC2=C(CC1)n1ccnc1CO2. The summed E-state index contributed by atoms with van der Waals surface area (Å²) in [5.74, 6) is 2.04. The van der Waals surface area contributed by atoms with Crippen LogP contribution in [-0.4, -0.2) is 9.55 Å². The summed E-state index contributed by atoms with van der Waals surface area (Å²) in [4.78, 5) is 4.25. The molecule has 1 aliphatic heterocycles. The first-order chi connectivity index (χ1) is 6.84. The predicted octanol–water partition coefficient (Wildman–Crippen LogP) is 2.32. The van der Waals surface area contributed by atoms with Gasteiger partial charge in [-0.3, -0.25) is 0 Å². The molecule has 1 aliphatic carbocycles. The van der Waals surface area contributed by atoms with Crippen LogP contribution in [0.2, 0.25) is 0 Å². The van der Waals surface area contributed by atoms with E-state index in [1.165, 1.54) is 11.3 Å². The highest BCUT2D eigenvalue weighted by atomic mass is 16.5. The number of aromatic nitrogens is 2. The van der Waals surface area contributed by atoms with E-state index in [9.17, 15) is 0 Å². The fraction of sp³-hybridized carbons (Fsp3) is 0.364. The van der Waals surface area contributed by atoms with Crippen LogP contribution in [0.3, 0.4) is 0 Å². The number of nitrogens with zero attached hydrogens (tertiary/aromatic N) is 2. The quantitative estimate of drug-likeness (QED) is 0.624. The zero-order valence-corrected chi connectivity index (χ0v) is 8.16. The van der Waals surface area contributed by atoms with Gasteiger partial charge in [0.25, 0.3) is 0 Å². The summed E-state index contributed by atoms with van der Waals surface area (Å²) in [5, 5.41) is 0. The molecule has 1 aromatic rings. The van der Waals surface area contributed by atoms with Gasteiger partial charge in [0.2, 0.25) is 0 Å². The van der Waals surface area contributed by atoms with Crippen molar-refractivity contribution in [2.24, 2.45) is 0 Å². The summed E-state index contributed by atoms with van der Waals surface area (Å²) in [7, 11) is 0. The van der Waals surface area contributed by atoms with Crippen LogP contribution in [0.4, 0.5) is 0 Å². The molecule has 3 nitrogen and oxygen atoms in total. The molecule has 0 atom stereocenters. The highest BCUT2D eigenvalue weighted by molar-refractivity contribution is 5.57. The van der Waals surface area contributed by atoms with Crippen LogP contribution >= 0.6 is 0 Å². The lowest BCUT2D eigenvalue weighted by Crippen LogP contribution is -2.15. The number of hydrogen-bond acceptors (Lipinski definition) is 2. The van der Waals surface area contributed by atoms with Crippen molar-refractivity contribution in [1.29, 1.82) is 0 Å². The van der Waals surface area contributed by atoms with E-state index in [2.05, 4.69) is 22.6 Å². The van der Waals surface area contributed by atoms with E-state index in [0.29, 0.717) is 6.61 Å². The molecule has 0 aromatic carbocycles. The molecule has 0 amide bonds. The first kappa shape index (κ1) is 7.85. The molecule has 3 heteroatoms. The highest BCUT2D eigenvalue weighted by Gasteiger charge is 2.21. The lowest BCUT2D eigenvalue weighted by atomic mass is 10.0. The van der Waals surface area contributed by atoms with Gasteiger partial charge >= 0.3 is 0 Å². The number of ether oxygens (including phenoxy) is 1. The van der Waals surface area contributed by atoms with Crippen LogP contribution in [0.25, 0.3) is 5.70 Å². The summed E-state index contributed by atoms with van der Waals surface area (Å²) in [6.45, 7) is 2.74. The van der Waals surface area contributed by atoms with Crippen molar-refractivity contribution in [3.63, 3.8) is 0 Å². The normalized spacial score (nSPS) is 19.6. The standard InChI is InChI=1S/C11H12N2O/c1-8-2-3-9-10(6-8)14-7-11-12-4-5-13(9)11/h4-6H,2-3,7H2,1H3. The van der Waals surface area contributed by atoms with E-state index in [1.807, 2.05) is 12.4 Å². The van der Waals surface area contributed by atoms with E-state index in [0.717, 1.165) is 24.4 Å². The average molecular weight is 188 g/mol. The van der Waals surface area contributed by atoms with Crippen LogP contribution in [0, 0.1) is 0 Å². The Hall–Kier alpha value is -1.51. The Balaban J connectivity index is 2.15. The minimum absolute atomic E-state index is 0.593. The van der Waals surface area contributed by atoms with Gasteiger partial charge in [-0.05, 0) is 25.8 Å². The molecular formula is C11H12N2O. The van der Waals surface area contributed by atoms with Gasteiger partial charge in [0.15, 0.2) is 5.82 Å². The fourth-order valence-electron chi connectivity index (χ4n) is 2.01. The van der Waals surface area contributed by atoms with Crippen LogP contribution < -0.4 is 0 Å². The second-order valence-electron chi connectivity index (χ2n) is 3.80. The van der Waals surface area contributed by atoms with Crippen LogP contribution in [0.15, 0.2) is 29.8 Å². The van der Waals surface area contributed by atoms with Gasteiger partial charge in [-0.15, -0.1) is 0 Å². The molecule has 0 radical (unpaired) electrons. The lowest BCUT2D eigenvalue weighted by molar-refractivity contribution is 0.190. The summed E-state index contributed by atoms with van der Waals surface area (Å²) in [6, 6.07) is 0. The topological polar surface area (TPSA) is 27.1 Å². The van der Waals surface area contributed by atoms with Crippen LogP contribution in [0.5, 0.6) is 0 Å². The predicted molar refractivity (Wildman–Crippen MR) is 53.2 cm³/mol. The molecule has 0 fully saturated rings. The Morgan fingerprint density at radius 3 is 3.29 bits per heavy atom. The van der Waals surface area contributed by atoms with Gasteiger partial charge in [0, 0.05) is 12.4 Å². The molecule has 0 spiro atoms. The summed E-state index contributed by atoms with van der Waals surface area (Å²) >= 11 is 0. The Kier molecular flexibility index (Phi) is 1.54. The zero-order chi connectivity index (χ0) is 9.54. The molecule has 2 aliphatic rings. The molecule has 2 heterocycles. The maximum atomic E-state index is 5.66. The van der Waals surface area contributed by atoms with E-state index in [-0.39, 0.29) is 0 Å². The Bertz CT molecular complexity index is 440. The van der Waals surface area contributed by atoms with Gasteiger partial charge in [0.05, 0.1) is 5.70 Å². The molecule has 0 N–H and O–H groups in total. The minimum atomic E-state index is 0.593. The third-order valence-corrected chi connectivity index (χ3v) is 2.78. The fourth-order valence-corrected chi connectivity index (χ4v) is 2.01. The first-order valence-electron chi connectivity index (χ1n) is 4.90. The summed E-state index contributed by atoms with van der Waals surface area (Å²) in [6.07, 6.45) is 8.17. The number of imidazole rings is 1. The van der Waals surface area contributed by atoms with Gasteiger partial charge < -0.3 is 9.30 Å². The van der Waals surface area contributed by atoms with Gasteiger partial charge in [-0.25, -0.2) is 4.98 Å². The number of rotatable bonds is 0. The van der Waals surface area contributed by atoms with Gasteiger partial charge in [0.1, 0.15) is 12.4 Å². The smallest absolute Gasteiger partial charge is 0.151 e. The van der Waals surface area contributed by atoms with Crippen molar-refractivity contribution in [3.8, 4) is 0 Å². The third-order valence-electron chi connectivity index (χ3n) is 2.78. The molecule has 14 heavy (non-hydrogen) atoms. The van der Waals surface area contributed by atoms with Crippen molar-refractivity contribution in [2.75, 3.05) is 0 Å². The van der Waals surface area contributed by atoms with Crippen molar-refractivity contribution in [1.82, 2.24) is 9.55 Å². The molecular weight excluding hydrogens is 176 g/mol. The van der Waals surface area contributed by atoms with Gasteiger partial charge in [-0.1, -0.05) is 5.57 Å². The van der Waals surface area contributed by atoms with Crippen molar-refractivity contribution >= 4 is 5.70 Å². The number of hydrogen-bond donors (Lipinski definition) is 0. The van der Waals surface area contributed by atoms with E-state index < -0.39 is 0 Å². The molecule has 0 unspecified atom stereocenters. The van der Waals surface area contributed by atoms with Gasteiger partial charge in [-0.2, -0.15) is 0 Å². The molecule has 0 saturated carbocycles. The van der Waals surface area contributed by atoms with Crippen molar-refractivity contribution in [2.45, 2.75) is 26.4 Å². The maximum absolute atomic E-state index is 5.66. The molecule has 3 rings (SSSR count). The largest absolute Gasteiger partial charge is 0.484 e. The Morgan fingerprint density at radius 1 is 1.43 bits per heavy atom. The van der Waals surface area contributed by atoms with E-state index in [4.69, 9.17) is 4.74 Å². The molecule has 1 aromatic heterocycles. The van der Waals surface area contributed by atoms with E-state index >= 15 is 0 Å². The van der Waals surface area contributed by atoms with Crippen LogP contribution in [-0.2, 0) is 11.3 Å². The zero-order valence-electron chi connectivity index (χ0n) is 8.16. The van der Waals surface area contributed by atoms with Crippen molar-refractivity contribution in [3.05, 3.63) is 35.6 Å². The molecule has 0 bridgehead atoms. The third kappa shape index (κ3) is 1.02. The Morgan fingerprint density at radius 2 is 2.36 bits per heavy atom. The second kappa shape index (κ2) is 2.74. The van der Waals surface area contributed by atoms with Crippen molar-refractivity contribution < 1.29 is 4.74 Å². The Labute approximate surface area is 82.7 Å². The minimum Gasteiger partial charge on any atom is -0.484 e. The maximum Gasteiger partial charge on any atom is 0.151 e. The summed E-state index contributed by atoms with van der Waals surface area (Å²) < 4.78 is 7.81. The monoisotopic (exact) mass is 188 g/mol. The second-order valence-corrected chi connectivity index (χ2v) is 3.80. The summed E-state index contributed by atoms with van der Waals surface area (Å²) in [5.41, 5.74) is 2.65. The number of allylic oxidation sites excluding steroid dienone is 3. The molecule has 72 valence electrons. The average Bonchev–Trinajstić information content (AvgIpc) is 2.65. The molecule has 0 saturated heterocycles. The van der Waals surface area contributed by atoms with E-state index in [1.54, 1.807) is 0 Å².